The molecular weight excluding hydrogens is 270 g/mol. The van der Waals surface area contributed by atoms with Crippen molar-refractivity contribution < 1.29 is 13.6 Å². The Bertz CT molecular complexity index is 476. The van der Waals surface area contributed by atoms with Gasteiger partial charge in [0.2, 0.25) is 0 Å². The van der Waals surface area contributed by atoms with Gasteiger partial charge in [-0.05, 0) is 43.2 Å². The average molecular weight is 294 g/mol. The van der Waals surface area contributed by atoms with Crippen LogP contribution in [0.3, 0.4) is 0 Å². The fourth-order valence-corrected chi connectivity index (χ4v) is 3.28. The largest absolute Gasteiger partial charge is 0.299 e. The summed E-state index contributed by atoms with van der Waals surface area (Å²) < 4.78 is 26.8. The van der Waals surface area contributed by atoms with Crippen LogP contribution in [0.1, 0.15) is 57.4 Å². The number of unbranched alkanes of at least 4 members (excludes halogenated alkanes) is 1. The summed E-state index contributed by atoms with van der Waals surface area (Å²) in [5, 5.41) is 0. The molecule has 0 N–H and O–H groups in total. The van der Waals surface area contributed by atoms with E-state index in [4.69, 9.17) is 0 Å². The Morgan fingerprint density at radius 3 is 2.57 bits per heavy atom. The van der Waals surface area contributed by atoms with Crippen molar-refractivity contribution >= 4 is 5.78 Å². The number of Topliss-reactive ketones (excluding diaryl/α,β-unsaturated/α-hetero) is 1. The van der Waals surface area contributed by atoms with Gasteiger partial charge < -0.3 is 0 Å². The molecule has 1 aliphatic carbocycles. The van der Waals surface area contributed by atoms with Crippen LogP contribution >= 0.6 is 0 Å². The Hall–Kier alpha value is -1.25. The molecular formula is C18H24F2O. The summed E-state index contributed by atoms with van der Waals surface area (Å²) in [7, 11) is 0. The Labute approximate surface area is 125 Å². The van der Waals surface area contributed by atoms with Crippen LogP contribution in [0.15, 0.2) is 18.2 Å². The molecule has 1 nitrogen and oxygen atoms in total. The first-order valence-corrected chi connectivity index (χ1v) is 8.07. The summed E-state index contributed by atoms with van der Waals surface area (Å²) in [6.45, 7) is 2.20. The standard InChI is InChI=1S/C18H24F2O/c1-2-3-5-13-8-10-14(11-9-13)17(21)12-15-6-4-7-16(19)18(15)20/h4,6-7,13-14H,2-3,5,8-12H2,1H3. The molecule has 2 rings (SSSR count). The SMILES string of the molecule is CCCCC1CCC(C(=O)Cc2cccc(F)c2F)CC1. The number of hydrogen-bond acceptors (Lipinski definition) is 1. The molecule has 116 valence electrons. The summed E-state index contributed by atoms with van der Waals surface area (Å²) in [5.74, 6) is -0.898. The zero-order valence-electron chi connectivity index (χ0n) is 12.7. The number of halogens is 2. The molecule has 3 heteroatoms. The van der Waals surface area contributed by atoms with Crippen LogP contribution in [0.25, 0.3) is 0 Å². The summed E-state index contributed by atoms with van der Waals surface area (Å²) in [6.07, 6.45) is 7.78. The first-order valence-electron chi connectivity index (χ1n) is 8.07. The van der Waals surface area contributed by atoms with E-state index in [-0.39, 0.29) is 23.7 Å². The van der Waals surface area contributed by atoms with Crippen molar-refractivity contribution in [2.75, 3.05) is 0 Å². The van der Waals surface area contributed by atoms with Gasteiger partial charge in [0, 0.05) is 12.3 Å². The molecule has 0 aliphatic heterocycles. The minimum absolute atomic E-state index is 0.0217. The van der Waals surface area contributed by atoms with E-state index < -0.39 is 11.6 Å². The lowest BCUT2D eigenvalue weighted by Crippen LogP contribution is -2.23. The van der Waals surface area contributed by atoms with Crippen LogP contribution < -0.4 is 0 Å². The molecule has 1 aromatic rings. The molecule has 0 spiro atoms. The smallest absolute Gasteiger partial charge is 0.162 e. The maximum Gasteiger partial charge on any atom is 0.162 e. The van der Waals surface area contributed by atoms with Crippen molar-refractivity contribution in [3.8, 4) is 0 Å². The molecule has 0 atom stereocenters. The zero-order chi connectivity index (χ0) is 15.2. The highest BCUT2D eigenvalue weighted by molar-refractivity contribution is 5.83. The van der Waals surface area contributed by atoms with Gasteiger partial charge in [-0.25, -0.2) is 8.78 Å². The van der Waals surface area contributed by atoms with Crippen LogP contribution in [0.5, 0.6) is 0 Å². The van der Waals surface area contributed by atoms with Gasteiger partial charge >= 0.3 is 0 Å². The predicted octanol–water partition coefficient (Wildman–Crippen LogP) is 5.07. The van der Waals surface area contributed by atoms with E-state index >= 15 is 0 Å². The van der Waals surface area contributed by atoms with E-state index in [0.717, 1.165) is 37.7 Å². The minimum Gasteiger partial charge on any atom is -0.299 e. The molecule has 0 unspecified atom stereocenters. The normalized spacial score (nSPS) is 22.2. The Balaban J connectivity index is 1.86. The lowest BCUT2D eigenvalue weighted by atomic mass is 9.77. The molecule has 1 aliphatic rings. The van der Waals surface area contributed by atoms with Crippen LogP contribution in [-0.4, -0.2) is 5.78 Å². The van der Waals surface area contributed by atoms with Gasteiger partial charge in [-0.2, -0.15) is 0 Å². The molecule has 0 heterocycles. The topological polar surface area (TPSA) is 17.1 Å². The maximum atomic E-state index is 13.6. The monoisotopic (exact) mass is 294 g/mol. The highest BCUT2D eigenvalue weighted by atomic mass is 19.2. The third kappa shape index (κ3) is 4.36. The predicted molar refractivity (Wildman–Crippen MR) is 80.0 cm³/mol. The summed E-state index contributed by atoms with van der Waals surface area (Å²) in [6, 6.07) is 4.05. The van der Waals surface area contributed by atoms with E-state index in [9.17, 15) is 13.6 Å². The molecule has 1 aromatic carbocycles. The maximum absolute atomic E-state index is 13.6. The fourth-order valence-electron chi connectivity index (χ4n) is 3.28. The van der Waals surface area contributed by atoms with Crippen molar-refractivity contribution in [3.05, 3.63) is 35.4 Å². The Morgan fingerprint density at radius 1 is 1.19 bits per heavy atom. The Morgan fingerprint density at radius 2 is 1.90 bits per heavy atom. The number of hydrogen-bond donors (Lipinski definition) is 0. The van der Waals surface area contributed by atoms with Crippen LogP contribution in [-0.2, 0) is 11.2 Å². The minimum atomic E-state index is -0.873. The number of carbonyl (C=O) groups excluding carboxylic acids is 1. The summed E-state index contributed by atoms with van der Waals surface area (Å²) in [5.41, 5.74) is 0.188. The molecule has 0 amide bonds. The van der Waals surface area contributed by atoms with Crippen LogP contribution in [0.2, 0.25) is 0 Å². The van der Waals surface area contributed by atoms with E-state index in [1.54, 1.807) is 0 Å². The van der Waals surface area contributed by atoms with Gasteiger partial charge in [0.15, 0.2) is 11.6 Å². The van der Waals surface area contributed by atoms with Crippen molar-refractivity contribution in [2.24, 2.45) is 11.8 Å². The third-order valence-corrected chi connectivity index (χ3v) is 4.66. The second kappa shape index (κ2) is 7.67. The molecule has 0 radical (unpaired) electrons. The van der Waals surface area contributed by atoms with Crippen molar-refractivity contribution in [1.29, 1.82) is 0 Å². The number of rotatable bonds is 6. The third-order valence-electron chi connectivity index (χ3n) is 4.66. The number of carbonyl (C=O) groups is 1. The number of benzene rings is 1. The van der Waals surface area contributed by atoms with Gasteiger partial charge in [0.1, 0.15) is 5.78 Å². The van der Waals surface area contributed by atoms with Crippen molar-refractivity contribution in [2.45, 2.75) is 58.3 Å². The molecule has 0 aromatic heterocycles. The van der Waals surface area contributed by atoms with E-state index in [0.29, 0.717) is 0 Å². The Kier molecular flexibility index (Phi) is 5.89. The van der Waals surface area contributed by atoms with Gasteiger partial charge in [0.05, 0.1) is 0 Å². The second-order valence-corrected chi connectivity index (χ2v) is 6.22. The van der Waals surface area contributed by atoms with Crippen LogP contribution in [0, 0.1) is 23.5 Å². The molecule has 1 fully saturated rings. The quantitative estimate of drug-likeness (QED) is 0.715. The summed E-state index contributed by atoms with van der Waals surface area (Å²) >= 11 is 0. The second-order valence-electron chi connectivity index (χ2n) is 6.22. The van der Waals surface area contributed by atoms with E-state index in [1.807, 2.05) is 0 Å². The highest BCUT2D eigenvalue weighted by Crippen LogP contribution is 2.33. The van der Waals surface area contributed by atoms with Gasteiger partial charge in [0.25, 0.3) is 0 Å². The van der Waals surface area contributed by atoms with E-state index in [1.165, 1.54) is 31.4 Å². The molecule has 0 bridgehead atoms. The fraction of sp³-hybridized carbons (Fsp3) is 0.611. The molecule has 1 saturated carbocycles. The highest BCUT2D eigenvalue weighted by Gasteiger charge is 2.26. The van der Waals surface area contributed by atoms with E-state index in [2.05, 4.69) is 6.92 Å². The molecule has 21 heavy (non-hydrogen) atoms. The first-order chi connectivity index (χ1) is 10.1. The van der Waals surface area contributed by atoms with Gasteiger partial charge in [-0.3, -0.25) is 4.79 Å². The van der Waals surface area contributed by atoms with Crippen LogP contribution in [0.4, 0.5) is 8.78 Å². The van der Waals surface area contributed by atoms with Crippen molar-refractivity contribution in [1.82, 2.24) is 0 Å². The van der Waals surface area contributed by atoms with Gasteiger partial charge in [-0.15, -0.1) is 0 Å². The van der Waals surface area contributed by atoms with Crippen molar-refractivity contribution in [3.63, 3.8) is 0 Å². The number of ketones is 1. The zero-order valence-corrected chi connectivity index (χ0v) is 12.7. The molecule has 0 saturated heterocycles. The lowest BCUT2D eigenvalue weighted by molar-refractivity contribution is -0.123. The van der Waals surface area contributed by atoms with Gasteiger partial charge in [-0.1, -0.05) is 38.3 Å². The lowest BCUT2D eigenvalue weighted by Gasteiger charge is -2.27. The summed E-state index contributed by atoms with van der Waals surface area (Å²) in [4.78, 5) is 12.3. The first kappa shape index (κ1) is 16.1. The average Bonchev–Trinajstić information content (AvgIpc) is 2.50.